The largest absolute Gasteiger partial charge is 0.493 e. The van der Waals surface area contributed by atoms with E-state index in [1.165, 1.54) is 26.2 Å². The Hall–Kier alpha value is -1.59. The zero-order valence-corrected chi connectivity index (χ0v) is 12.9. The second kappa shape index (κ2) is 6.45. The number of aromatic amines is 1. The predicted octanol–water partition coefficient (Wildman–Crippen LogP) is 1.89. The van der Waals surface area contributed by atoms with Gasteiger partial charge in [0.25, 0.3) is 0 Å². The Kier molecular flexibility index (Phi) is 4.41. The van der Waals surface area contributed by atoms with Crippen molar-refractivity contribution in [2.45, 2.75) is 13.3 Å². The summed E-state index contributed by atoms with van der Waals surface area (Å²) in [7, 11) is 2.19. The molecule has 2 aromatic rings. The zero-order valence-electron chi connectivity index (χ0n) is 12.9. The SMILES string of the molecule is Cc1nc2ccc(OCCCN3CCN(C)CC3)cc2[nH]1. The van der Waals surface area contributed by atoms with Crippen molar-refractivity contribution >= 4 is 11.0 Å². The normalized spacial score (nSPS) is 17.4. The number of piperazine rings is 1. The molecule has 0 unspecified atom stereocenters. The number of aromatic nitrogens is 2. The summed E-state index contributed by atoms with van der Waals surface area (Å²) in [6, 6.07) is 6.04. The summed E-state index contributed by atoms with van der Waals surface area (Å²) < 4.78 is 5.85. The average Bonchev–Trinajstić information content (AvgIpc) is 2.85. The molecule has 0 spiro atoms. The molecular formula is C16H24N4O. The van der Waals surface area contributed by atoms with Crippen LogP contribution in [-0.2, 0) is 0 Å². The Morgan fingerprint density at radius 3 is 2.86 bits per heavy atom. The van der Waals surface area contributed by atoms with E-state index in [1.54, 1.807) is 0 Å². The van der Waals surface area contributed by atoms with Crippen LogP contribution in [0.3, 0.4) is 0 Å². The molecule has 5 heteroatoms. The van der Waals surface area contributed by atoms with Crippen molar-refractivity contribution in [2.24, 2.45) is 0 Å². The monoisotopic (exact) mass is 288 g/mol. The fraction of sp³-hybridized carbons (Fsp3) is 0.562. The van der Waals surface area contributed by atoms with Crippen LogP contribution in [0.4, 0.5) is 0 Å². The molecule has 0 aliphatic carbocycles. The van der Waals surface area contributed by atoms with Crippen LogP contribution in [0.1, 0.15) is 12.2 Å². The van der Waals surface area contributed by atoms with Crippen molar-refractivity contribution in [3.63, 3.8) is 0 Å². The number of hydrogen-bond acceptors (Lipinski definition) is 4. The first-order chi connectivity index (χ1) is 10.2. The smallest absolute Gasteiger partial charge is 0.121 e. The van der Waals surface area contributed by atoms with Gasteiger partial charge in [-0.05, 0) is 32.5 Å². The van der Waals surface area contributed by atoms with E-state index in [9.17, 15) is 0 Å². The van der Waals surface area contributed by atoms with Crippen molar-refractivity contribution < 1.29 is 4.74 Å². The number of hydrogen-bond donors (Lipinski definition) is 1. The van der Waals surface area contributed by atoms with Gasteiger partial charge in [0.1, 0.15) is 11.6 Å². The maximum absolute atomic E-state index is 5.85. The lowest BCUT2D eigenvalue weighted by molar-refractivity contribution is 0.145. The Bertz CT molecular complexity index is 587. The molecule has 0 saturated carbocycles. The highest BCUT2D eigenvalue weighted by Gasteiger charge is 2.12. The van der Waals surface area contributed by atoms with Gasteiger partial charge in [0.05, 0.1) is 17.6 Å². The molecule has 3 rings (SSSR count). The van der Waals surface area contributed by atoms with Gasteiger partial charge in [0.15, 0.2) is 0 Å². The highest BCUT2D eigenvalue weighted by molar-refractivity contribution is 5.76. The number of nitrogens with one attached hydrogen (secondary N) is 1. The summed E-state index contributed by atoms with van der Waals surface area (Å²) >= 11 is 0. The minimum Gasteiger partial charge on any atom is -0.493 e. The van der Waals surface area contributed by atoms with Crippen LogP contribution >= 0.6 is 0 Å². The number of rotatable bonds is 5. The van der Waals surface area contributed by atoms with Gasteiger partial charge in [0, 0.05) is 38.8 Å². The topological polar surface area (TPSA) is 44.4 Å². The Morgan fingerprint density at radius 2 is 2.05 bits per heavy atom. The first kappa shape index (κ1) is 14.4. The van der Waals surface area contributed by atoms with Crippen LogP contribution in [-0.4, -0.2) is 66.1 Å². The molecule has 0 atom stereocenters. The number of imidazole rings is 1. The van der Waals surface area contributed by atoms with Crippen molar-refractivity contribution in [1.82, 2.24) is 19.8 Å². The van der Waals surface area contributed by atoms with Gasteiger partial charge in [0.2, 0.25) is 0 Å². The number of H-pyrrole nitrogens is 1. The van der Waals surface area contributed by atoms with E-state index in [4.69, 9.17) is 4.74 Å². The maximum atomic E-state index is 5.85. The number of fused-ring (bicyclic) bond motifs is 1. The second-order valence-corrected chi connectivity index (χ2v) is 5.85. The van der Waals surface area contributed by atoms with Gasteiger partial charge < -0.3 is 19.5 Å². The molecule has 1 aliphatic heterocycles. The van der Waals surface area contributed by atoms with E-state index in [0.717, 1.165) is 42.2 Å². The molecule has 1 fully saturated rings. The fourth-order valence-electron chi connectivity index (χ4n) is 2.76. The molecule has 2 heterocycles. The highest BCUT2D eigenvalue weighted by atomic mass is 16.5. The third-order valence-electron chi connectivity index (χ3n) is 4.06. The standard InChI is InChI=1S/C16H24N4O/c1-13-17-15-5-4-14(12-16(15)18-13)21-11-3-6-20-9-7-19(2)8-10-20/h4-5,12H,3,6-11H2,1-2H3,(H,17,18). The fourth-order valence-corrected chi connectivity index (χ4v) is 2.76. The summed E-state index contributed by atoms with van der Waals surface area (Å²) in [5.74, 6) is 1.86. The summed E-state index contributed by atoms with van der Waals surface area (Å²) in [4.78, 5) is 12.5. The molecule has 0 bridgehead atoms. The van der Waals surface area contributed by atoms with Crippen LogP contribution < -0.4 is 4.74 Å². The van der Waals surface area contributed by atoms with E-state index in [2.05, 4.69) is 26.8 Å². The molecular weight excluding hydrogens is 264 g/mol. The van der Waals surface area contributed by atoms with Gasteiger partial charge in [-0.3, -0.25) is 0 Å². The average molecular weight is 288 g/mol. The number of aryl methyl sites for hydroxylation is 1. The number of ether oxygens (including phenoxy) is 1. The molecule has 1 aromatic carbocycles. The molecule has 0 radical (unpaired) electrons. The maximum Gasteiger partial charge on any atom is 0.121 e. The first-order valence-corrected chi connectivity index (χ1v) is 7.71. The second-order valence-electron chi connectivity index (χ2n) is 5.85. The van der Waals surface area contributed by atoms with Crippen LogP contribution in [0.2, 0.25) is 0 Å². The van der Waals surface area contributed by atoms with E-state index < -0.39 is 0 Å². The Balaban J connectivity index is 1.44. The van der Waals surface area contributed by atoms with E-state index in [-0.39, 0.29) is 0 Å². The molecule has 1 N–H and O–H groups in total. The third-order valence-corrected chi connectivity index (χ3v) is 4.06. The summed E-state index contributed by atoms with van der Waals surface area (Å²) in [5, 5.41) is 0. The summed E-state index contributed by atoms with van der Waals surface area (Å²) in [5.41, 5.74) is 2.04. The first-order valence-electron chi connectivity index (χ1n) is 7.71. The molecule has 21 heavy (non-hydrogen) atoms. The van der Waals surface area contributed by atoms with Crippen molar-refractivity contribution in [3.05, 3.63) is 24.0 Å². The van der Waals surface area contributed by atoms with Crippen molar-refractivity contribution in [1.29, 1.82) is 0 Å². The number of benzene rings is 1. The molecule has 5 nitrogen and oxygen atoms in total. The van der Waals surface area contributed by atoms with Crippen LogP contribution in [0.25, 0.3) is 11.0 Å². The summed E-state index contributed by atoms with van der Waals surface area (Å²) in [6.45, 7) is 8.57. The van der Waals surface area contributed by atoms with Gasteiger partial charge in [-0.15, -0.1) is 0 Å². The molecule has 0 amide bonds. The lowest BCUT2D eigenvalue weighted by Gasteiger charge is -2.32. The van der Waals surface area contributed by atoms with E-state index in [0.29, 0.717) is 0 Å². The minimum atomic E-state index is 0.769. The molecule has 1 aliphatic rings. The van der Waals surface area contributed by atoms with Gasteiger partial charge in [-0.25, -0.2) is 4.98 Å². The lowest BCUT2D eigenvalue weighted by atomic mass is 10.3. The Morgan fingerprint density at radius 1 is 1.24 bits per heavy atom. The number of likely N-dealkylation sites (N-methyl/N-ethyl adjacent to an activating group) is 1. The lowest BCUT2D eigenvalue weighted by Crippen LogP contribution is -2.44. The molecule has 1 saturated heterocycles. The van der Waals surface area contributed by atoms with Gasteiger partial charge >= 0.3 is 0 Å². The van der Waals surface area contributed by atoms with Crippen LogP contribution in [0.15, 0.2) is 18.2 Å². The number of nitrogens with zero attached hydrogens (tertiary/aromatic N) is 3. The van der Waals surface area contributed by atoms with Gasteiger partial charge in [-0.1, -0.05) is 0 Å². The van der Waals surface area contributed by atoms with E-state index >= 15 is 0 Å². The molecule has 1 aromatic heterocycles. The highest BCUT2D eigenvalue weighted by Crippen LogP contribution is 2.19. The van der Waals surface area contributed by atoms with Crippen LogP contribution in [0.5, 0.6) is 5.75 Å². The predicted molar refractivity (Wildman–Crippen MR) is 84.9 cm³/mol. The van der Waals surface area contributed by atoms with Crippen molar-refractivity contribution in [2.75, 3.05) is 46.4 Å². The Labute approximate surface area is 125 Å². The summed E-state index contributed by atoms with van der Waals surface area (Å²) in [6.07, 6.45) is 1.07. The quantitative estimate of drug-likeness (QED) is 0.853. The van der Waals surface area contributed by atoms with E-state index in [1.807, 2.05) is 25.1 Å². The van der Waals surface area contributed by atoms with Gasteiger partial charge in [-0.2, -0.15) is 0 Å². The minimum absolute atomic E-state index is 0.769. The molecule has 114 valence electrons. The zero-order chi connectivity index (χ0) is 14.7. The van der Waals surface area contributed by atoms with Crippen molar-refractivity contribution in [3.8, 4) is 5.75 Å². The third kappa shape index (κ3) is 3.74. The van der Waals surface area contributed by atoms with Crippen LogP contribution in [0, 0.1) is 6.92 Å².